The maximum Gasteiger partial charge on any atom is 0.247 e. The smallest absolute Gasteiger partial charge is 0.247 e. The molecule has 0 atom stereocenters. The minimum atomic E-state index is -1.28. The maximum absolute atomic E-state index is 15.6. The number of anilines is 2. The number of rotatable bonds is 12. The molecule has 0 unspecified atom stereocenters. The molecule has 5 aromatic rings. The molecule has 0 aliphatic heterocycles. The second-order valence-corrected chi connectivity index (χ2v) is 11.3. The molecule has 3 N–H and O–H groups in total. The number of carbonyl (C=O) groups excluding carboxylic acids is 2. The molecule has 1 saturated carbocycles. The molecule has 2 amide bonds. The van der Waals surface area contributed by atoms with Gasteiger partial charge in [-0.3, -0.25) is 19.5 Å². The van der Waals surface area contributed by atoms with E-state index in [1.54, 1.807) is 49.7 Å². The van der Waals surface area contributed by atoms with E-state index >= 15 is 4.39 Å². The Labute approximate surface area is 251 Å². The standard InChI is InChI=1S/C32H29FN4O5S/c1-40-16-15-35-19-22-8-10-26(41-22)28-18-24-29(43-28)27(11-14-36-24)42-25-9-7-21(17-23(25)33)37(20-5-3-2-4-6-20)31(39)32(12-13-32)30(34)38/h2-11,14,17-18,35H,12-13,15-16,19H2,1H3,(H2,34,38). The van der Waals surface area contributed by atoms with Crippen molar-refractivity contribution >= 4 is 44.7 Å². The number of methoxy groups -OCH3 is 1. The molecule has 3 heterocycles. The van der Waals surface area contributed by atoms with E-state index in [1.165, 1.54) is 28.4 Å². The van der Waals surface area contributed by atoms with Crippen LogP contribution in [0.3, 0.4) is 0 Å². The van der Waals surface area contributed by atoms with Gasteiger partial charge in [0.2, 0.25) is 11.8 Å². The molecule has 0 saturated heterocycles. The van der Waals surface area contributed by atoms with Crippen LogP contribution in [0, 0.1) is 11.2 Å². The summed E-state index contributed by atoms with van der Waals surface area (Å²) in [5.74, 6) is 0.0689. The molecule has 43 heavy (non-hydrogen) atoms. The van der Waals surface area contributed by atoms with Crippen LogP contribution in [-0.2, 0) is 20.9 Å². The maximum atomic E-state index is 15.6. The molecule has 1 fully saturated rings. The summed E-state index contributed by atoms with van der Waals surface area (Å²) in [7, 11) is 1.66. The predicted octanol–water partition coefficient (Wildman–Crippen LogP) is 6.15. The van der Waals surface area contributed by atoms with E-state index in [1.807, 2.05) is 24.3 Å². The fraction of sp³-hybridized carbons (Fsp3) is 0.219. The van der Waals surface area contributed by atoms with Crippen molar-refractivity contribution in [1.82, 2.24) is 10.3 Å². The SMILES string of the molecule is COCCNCc1ccc(-c2cc3nccc(Oc4ccc(N(C(=O)C5(C(N)=O)CC5)c5ccccc5)cc4F)c3s2)o1. The Bertz CT molecular complexity index is 1780. The first-order valence-corrected chi connectivity index (χ1v) is 14.6. The normalized spacial score (nSPS) is 13.6. The molecule has 220 valence electrons. The Morgan fingerprint density at radius 1 is 1.07 bits per heavy atom. The second-order valence-electron chi connectivity index (χ2n) is 10.2. The number of nitrogens with two attached hydrogens (primary N) is 1. The van der Waals surface area contributed by atoms with E-state index in [-0.39, 0.29) is 11.4 Å². The first-order chi connectivity index (χ1) is 20.9. The van der Waals surface area contributed by atoms with Gasteiger partial charge in [0, 0.05) is 37.7 Å². The van der Waals surface area contributed by atoms with Crippen LogP contribution in [0.1, 0.15) is 18.6 Å². The zero-order chi connectivity index (χ0) is 30.0. The van der Waals surface area contributed by atoms with Crippen molar-refractivity contribution in [3.8, 4) is 22.1 Å². The zero-order valence-corrected chi connectivity index (χ0v) is 24.2. The molecule has 0 radical (unpaired) electrons. The van der Waals surface area contributed by atoms with Crippen LogP contribution in [-0.4, -0.2) is 37.1 Å². The molecular weight excluding hydrogens is 571 g/mol. The van der Waals surface area contributed by atoms with E-state index < -0.39 is 23.0 Å². The van der Waals surface area contributed by atoms with Gasteiger partial charge in [-0.05, 0) is 55.3 Å². The summed E-state index contributed by atoms with van der Waals surface area (Å²) < 4.78 is 33.4. The van der Waals surface area contributed by atoms with Crippen LogP contribution in [0.4, 0.5) is 15.8 Å². The highest BCUT2D eigenvalue weighted by molar-refractivity contribution is 7.22. The number of hydrogen-bond donors (Lipinski definition) is 2. The van der Waals surface area contributed by atoms with Crippen molar-refractivity contribution < 1.29 is 27.9 Å². The summed E-state index contributed by atoms with van der Waals surface area (Å²) in [6, 6.07) is 20.5. The molecule has 11 heteroatoms. The van der Waals surface area contributed by atoms with E-state index in [4.69, 9.17) is 19.6 Å². The summed E-state index contributed by atoms with van der Waals surface area (Å²) in [5, 5.41) is 3.25. The zero-order valence-electron chi connectivity index (χ0n) is 23.3. The Morgan fingerprint density at radius 2 is 1.88 bits per heavy atom. The summed E-state index contributed by atoms with van der Waals surface area (Å²) in [6.45, 7) is 1.90. The van der Waals surface area contributed by atoms with Gasteiger partial charge in [-0.1, -0.05) is 18.2 Å². The molecule has 9 nitrogen and oxygen atoms in total. The lowest BCUT2D eigenvalue weighted by Crippen LogP contribution is -2.41. The number of furan rings is 1. The molecule has 0 bridgehead atoms. The van der Waals surface area contributed by atoms with E-state index in [0.29, 0.717) is 55.3 Å². The quantitative estimate of drug-likeness (QED) is 0.130. The van der Waals surface area contributed by atoms with Crippen molar-refractivity contribution in [2.45, 2.75) is 19.4 Å². The number of nitrogens with zero attached hydrogens (tertiary/aromatic N) is 2. The molecule has 3 aromatic heterocycles. The lowest BCUT2D eigenvalue weighted by atomic mass is 10.0. The molecule has 0 spiro atoms. The van der Waals surface area contributed by atoms with E-state index in [2.05, 4.69) is 10.3 Å². The minimum absolute atomic E-state index is 0.0230. The predicted molar refractivity (Wildman–Crippen MR) is 162 cm³/mol. The molecule has 2 aromatic carbocycles. The van der Waals surface area contributed by atoms with Crippen LogP contribution in [0.5, 0.6) is 11.5 Å². The van der Waals surface area contributed by atoms with Crippen molar-refractivity contribution in [1.29, 1.82) is 0 Å². The Hall–Kier alpha value is -4.58. The molecule has 1 aliphatic rings. The average molecular weight is 601 g/mol. The van der Waals surface area contributed by atoms with Crippen LogP contribution >= 0.6 is 11.3 Å². The van der Waals surface area contributed by atoms with E-state index in [9.17, 15) is 9.59 Å². The van der Waals surface area contributed by atoms with Crippen LogP contribution in [0.25, 0.3) is 20.9 Å². The number of fused-ring (bicyclic) bond motifs is 1. The summed E-state index contributed by atoms with van der Waals surface area (Å²) in [4.78, 5) is 32.3. The van der Waals surface area contributed by atoms with Gasteiger partial charge in [0.15, 0.2) is 11.6 Å². The highest BCUT2D eigenvalue weighted by Crippen LogP contribution is 2.49. The molecular formula is C32H29FN4O5S. The largest absolute Gasteiger partial charge is 0.459 e. The monoisotopic (exact) mass is 600 g/mol. The van der Waals surface area contributed by atoms with Gasteiger partial charge in [-0.25, -0.2) is 4.39 Å². The van der Waals surface area contributed by atoms with Crippen LogP contribution < -0.4 is 20.7 Å². The first kappa shape index (κ1) is 28.5. The Morgan fingerprint density at radius 3 is 2.60 bits per heavy atom. The van der Waals surface area contributed by atoms with Gasteiger partial charge < -0.3 is 24.9 Å². The number of aromatic nitrogens is 1. The number of benzene rings is 2. The van der Waals surface area contributed by atoms with Gasteiger partial charge in [0.05, 0.1) is 33.9 Å². The Kier molecular flexibility index (Phi) is 7.94. The second kappa shape index (κ2) is 12.0. The lowest BCUT2D eigenvalue weighted by molar-refractivity contribution is -0.133. The number of nitrogens with one attached hydrogen (secondary N) is 1. The molecule has 1 aliphatic carbocycles. The highest BCUT2D eigenvalue weighted by atomic mass is 32.1. The van der Waals surface area contributed by atoms with Crippen LogP contribution in [0.2, 0.25) is 0 Å². The third-order valence-corrected chi connectivity index (χ3v) is 8.46. The summed E-state index contributed by atoms with van der Waals surface area (Å²) in [5.41, 5.74) is 5.75. The third kappa shape index (κ3) is 5.74. The van der Waals surface area contributed by atoms with Gasteiger partial charge >= 0.3 is 0 Å². The van der Waals surface area contributed by atoms with Gasteiger partial charge in [-0.15, -0.1) is 11.3 Å². The third-order valence-electron chi connectivity index (χ3n) is 7.30. The van der Waals surface area contributed by atoms with Crippen molar-refractivity contribution in [2.24, 2.45) is 11.1 Å². The number of halogens is 1. The molecule has 6 rings (SSSR count). The van der Waals surface area contributed by atoms with Crippen LogP contribution in [0.15, 0.2) is 83.4 Å². The number of amides is 2. The number of primary amides is 1. The van der Waals surface area contributed by atoms with E-state index in [0.717, 1.165) is 15.3 Å². The van der Waals surface area contributed by atoms with Crippen molar-refractivity contribution in [3.05, 3.63) is 90.6 Å². The Balaban J connectivity index is 1.26. The summed E-state index contributed by atoms with van der Waals surface area (Å²) in [6.07, 6.45) is 2.32. The number of thiophene rings is 1. The highest BCUT2D eigenvalue weighted by Gasteiger charge is 2.57. The van der Waals surface area contributed by atoms with Gasteiger partial charge in [-0.2, -0.15) is 0 Å². The summed E-state index contributed by atoms with van der Waals surface area (Å²) >= 11 is 1.43. The first-order valence-electron chi connectivity index (χ1n) is 13.7. The number of para-hydroxylation sites is 1. The average Bonchev–Trinajstić information content (AvgIpc) is 3.50. The minimum Gasteiger partial charge on any atom is -0.459 e. The number of ether oxygens (including phenoxy) is 2. The number of hydrogen-bond acceptors (Lipinski definition) is 8. The van der Waals surface area contributed by atoms with Crippen molar-refractivity contribution in [2.75, 3.05) is 25.2 Å². The lowest BCUT2D eigenvalue weighted by Gasteiger charge is -2.26. The number of pyridine rings is 1. The van der Waals surface area contributed by atoms with Gasteiger partial charge in [0.25, 0.3) is 0 Å². The number of carbonyl (C=O) groups is 2. The topological polar surface area (TPSA) is 120 Å². The fourth-order valence-electron chi connectivity index (χ4n) is 4.80. The van der Waals surface area contributed by atoms with Gasteiger partial charge in [0.1, 0.15) is 22.7 Å². The fourth-order valence-corrected chi connectivity index (χ4v) is 5.83. The van der Waals surface area contributed by atoms with Crippen molar-refractivity contribution in [3.63, 3.8) is 0 Å².